The van der Waals surface area contributed by atoms with Crippen molar-refractivity contribution in [2.45, 2.75) is 39.2 Å². The molecule has 5 heteroatoms. The third-order valence-electron chi connectivity index (χ3n) is 2.84. The maximum Gasteiger partial charge on any atom is 0.303 e. The van der Waals surface area contributed by atoms with E-state index in [1.165, 1.54) is 0 Å². The van der Waals surface area contributed by atoms with Gasteiger partial charge in [-0.25, -0.2) is 0 Å². The number of amides is 1. The van der Waals surface area contributed by atoms with Crippen LogP contribution in [0.1, 0.15) is 42.6 Å². The number of carbonyl (C=O) groups excluding carboxylic acids is 1. The van der Waals surface area contributed by atoms with Gasteiger partial charge < -0.3 is 10.4 Å². The second-order valence-corrected chi connectivity index (χ2v) is 6.05. The molecule has 0 aliphatic rings. The third kappa shape index (κ3) is 5.03. The van der Waals surface area contributed by atoms with Crippen LogP contribution in [0.15, 0.2) is 22.7 Å². The Morgan fingerprint density at radius 1 is 1.37 bits per heavy atom. The maximum atomic E-state index is 12.1. The number of nitrogens with one attached hydrogen (secondary N) is 1. The Kier molecular flexibility index (Phi) is 5.11. The minimum Gasteiger partial charge on any atom is -0.481 e. The van der Waals surface area contributed by atoms with Gasteiger partial charge in [0.05, 0.1) is 0 Å². The average molecular weight is 328 g/mol. The monoisotopic (exact) mass is 327 g/mol. The van der Waals surface area contributed by atoms with E-state index in [2.05, 4.69) is 21.2 Å². The van der Waals surface area contributed by atoms with Gasteiger partial charge in [-0.2, -0.15) is 0 Å². The maximum absolute atomic E-state index is 12.1. The van der Waals surface area contributed by atoms with E-state index < -0.39 is 11.5 Å². The number of aliphatic carboxylic acids is 1. The summed E-state index contributed by atoms with van der Waals surface area (Å²) in [6.45, 7) is 5.55. The second-order valence-electron chi connectivity index (χ2n) is 5.20. The SMILES string of the molecule is Cc1cc(C(=O)NC(C)(C)CCC(=O)O)ccc1Br. The first-order valence-corrected chi connectivity index (χ1v) is 6.81. The molecule has 0 unspecified atom stereocenters. The zero-order valence-corrected chi connectivity index (χ0v) is 12.9. The average Bonchev–Trinajstić information content (AvgIpc) is 2.29. The molecule has 0 aromatic heterocycles. The topological polar surface area (TPSA) is 66.4 Å². The highest BCUT2D eigenvalue weighted by Crippen LogP contribution is 2.18. The van der Waals surface area contributed by atoms with E-state index in [1.54, 1.807) is 12.1 Å². The summed E-state index contributed by atoms with van der Waals surface area (Å²) in [5.74, 6) is -1.05. The van der Waals surface area contributed by atoms with E-state index in [1.807, 2.05) is 26.8 Å². The summed E-state index contributed by atoms with van der Waals surface area (Å²) in [7, 11) is 0. The quantitative estimate of drug-likeness (QED) is 0.873. The van der Waals surface area contributed by atoms with Crippen molar-refractivity contribution >= 4 is 27.8 Å². The minimum atomic E-state index is -0.859. The molecule has 0 bridgehead atoms. The summed E-state index contributed by atoms with van der Waals surface area (Å²) >= 11 is 3.38. The first-order valence-electron chi connectivity index (χ1n) is 6.02. The van der Waals surface area contributed by atoms with Crippen molar-refractivity contribution in [3.8, 4) is 0 Å². The molecule has 0 saturated carbocycles. The van der Waals surface area contributed by atoms with Crippen molar-refractivity contribution in [2.75, 3.05) is 0 Å². The lowest BCUT2D eigenvalue weighted by Gasteiger charge is -2.25. The van der Waals surface area contributed by atoms with Crippen molar-refractivity contribution in [2.24, 2.45) is 0 Å². The summed E-state index contributed by atoms with van der Waals surface area (Å²) in [4.78, 5) is 22.7. The number of hydrogen-bond donors (Lipinski definition) is 2. The molecule has 1 amide bonds. The lowest BCUT2D eigenvalue weighted by Crippen LogP contribution is -2.43. The normalized spacial score (nSPS) is 11.2. The van der Waals surface area contributed by atoms with E-state index >= 15 is 0 Å². The van der Waals surface area contributed by atoms with Gasteiger partial charge in [-0.3, -0.25) is 9.59 Å². The molecule has 0 heterocycles. The molecule has 0 saturated heterocycles. The molecule has 1 rings (SSSR count). The molecule has 0 radical (unpaired) electrons. The van der Waals surface area contributed by atoms with E-state index in [0.717, 1.165) is 10.0 Å². The molecule has 19 heavy (non-hydrogen) atoms. The van der Waals surface area contributed by atoms with Gasteiger partial charge in [-0.15, -0.1) is 0 Å². The van der Waals surface area contributed by atoms with E-state index in [-0.39, 0.29) is 12.3 Å². The standard InChI is InChI=1S/C14H18BrNO3/c1-9-8-10(4-5-11(9)15)13(19)16-14(2,3)7-6-12(17)18/h4-5,8H,6-7H2,1-3H3,(H,16,19)(H,17,18). The summed E-state index contributed by atoms with van der Waals surface area (Å²) in [5.41, 5.74) is 1.01. The zero-order valence-electron chi connectivity index (χ0n) is 11.3. The van der Waals surface area contributed by atoms with Crippen LogP contribution in [0.2, 0.25) is 0 Å². The minimum absolute atomic E-state index is 0.0344. The van der Waals surface area contributed by atoms with Crippen molar-refractivity contribution in [3.63, 3.8) is 0 Å². The zero-order chi connectivity index (χ0) is 14.6. The van der Waals surface area contributed by atoms with Crippen LogP contribution in [-0.2, 0) is 4.79 Å². The van der Waals surface area contributed by atoms with E-state index in [9.17, 15) is 9.59 Å². The van der Waals surface area contributed by atoms with E-state index in [0.29, 0.717) is 12.0 Å². The molecular weight excluding hydrogens is 310 g/mol. The smallest absolute Gasteiger partial charge is 0.303 e. The molecule has 0 aliphatic heterocycles. The van der Waals surface area contributed by atoms with Crippen LogP contribution in [0.25, 0.3) is 0 Å². The molecule has 0 atom stereocenters. The number of halogens is 1. The summed E-state index contributed by atoms with van der Waals surface area (Å²) in [6.07, 6.45) is 0.427. The molecule has 104 valence electrons. The summed E-state index contributed by atoms with van der Waals surface area (Å²) in [6, 6.07) is 5.36. The number of benzene rings is 1. The van der Waals surface area contributed by atoms with Crippen LogP contribution in [0, 0.1) is 6.92 Å². The Balaban J connectivity index is 2.72. The van der Waals surface area contributed by atoms with Crippen LogP contribution in [0.4, 0.5) is 0 Å². The Bertz CT molecular complexity index is 497. The van der Waals surface area contributed by atoms with Crippen molar-refractivity contribution in [3.05, 3.63) is 33.8 Å². The van der Waals surface area contributed by atoms with Gasteiger partial charge in [0.25, 0.3) is 5.91 Å². The number of rotatable bonds is 5. The fourth-order valence-corrected chi connectivity index (χ4v) is 1.89. The van der Waals surface area contributed by atoms with Crippen LogP contribution in [0.3, 0.4) is 0 Å². The molecule has 2 N–H and O–H groups in total. The largest absolute Gasteiger partial charge is 0.481 e. The van der Waals surface area contributed by atoms with Gasteiger partial charge in [-0.1, -0.05) is 15.9 Å². The number of hydrogen-bond acceptors (Lipinski definition) is 2. The molecule has 0 fully saturated rings. The van der Waals surface area contributed by atoms with Gasteiger partial charge in [0.2, 0.25) is 0 Å². The predicted molar refractivity (Wildman–Crippen MR) is 77.3 cm³/mol. The molecule has 1 aromatic rings. The summed E-state index contributed by atoms with van der Waals surface area (Å²) in [5, 5.41) is 11.5. The lowest BCUT2D eigenvalue weighted by molar-refractivity contribution is -0.137. The van der Waals surface area contributed by atoms with Crippen molar-refractivity contribution in [1.29, 1.82) is 0 Å². The van der Waals surface area contributed by atoms with Crippen LogP contribution in [0.5, 0.6) is 0 Å². The molecule has 4 nitrogen and oxygen atoms in total. The summed E-state index contributed by atoms with van der Waals surface area (Å²) < 4.78 is 0.953. The van der Waals surface area contributed by atoms with E-state index in [4.69, 9.17) is 5.11 Å². The molecular formula is C14H18BrNO3. The highest BCUT2D eigenvalue weighted by atomic mass is 79.9. The number of carboxylic acids is 1. The Labute approximate surface area is 121 Å². The number of carbonyl (C=O) groups is 2. The Morgan fingerprint density at radius 2 is 2.00 bits per heavy atom. The number of carboxylic acid groups (broad SMARTS) is 1. The molecule has 1 aromatic carbocycles. The van der Waals surface area contributed by atoms with Gasteiger partial charge >= 0.3 is 5.97 Å². The Morgan fingerprint density at radius 3 is 2.53 bits per heavy atom. The highest BCUT2D eigenvalue weighted by molar-refractivity contribution is 9.10. The van der Waals surface area contributed by atoms with Gasteiger partial charge in [-0.05, 0) is 51.0 Å². The van der Waals surface area contributed by atoms with Crippen molar-refractivity contribution < 1.29 is 14.7 Å². The van der Waals surface area contributed by atoms with Crippen LogP contribution in [-0.4, -0.2) is 22.5 Å². The number of aryl methyl sites for hydroxylation is 1. The lowest BCUT2D eigenvalue weighted by atomic mass is 9.97. The second kappa shape index (κ2) is 6.19. The Hall–Kier alpha value is -1.36. The third-order valence-corrected chi connectivity index (χ3v) is 3.73. The molecule has 0 aliphatic carbocycles. The van der Waals surface area contributed by atoms with Gasteiger partial charge in [0, 0.05) is 22.0 Å². The predicted octanol–water partition coefficient (Wildman–Crippen LogP) is 3.13. The highest BCUT2D eigenvalue weighted by Gasteiger charge is 2.22. The van der Waals surface area contributed by atoms with Gasteiger partial charge in [0.1, 0.15) is 0 Å². The molecule has 0 spiro atoms. The van der Waals surface area contributed by atoms with Crippen LogP contribution >= 0.6 is 15.9 Å². The fourth-order valence-electron chi connectivity index (χ4n) is 1.65. The first-order chi connectivity index (χ1) is 8.71. The van der Waals surface area contributed by atoms with Gasteiger partial charge in [0.15, 0.2) is 0 Å². The van der Waals surface area contributed by atoms with Crippen molar-refractivity contribution in [1.82, 2.24) is 5.32 Å². The van der Waals surface area contributed by atoms with Crippen LogP contribution < -0.4 is 5.32 Å². The fraction of sp³-hybridized carbons (Fsp3) is 0.429. The first kappa shape index (κ1) is 15.7.